The van der Waals surface area contributed by atoms with Crippen LogP contribution in [0.1, 0.15) is 26.3 Å². The van der Waals surface area contributed by atoms with Crippen LogP contribution in [0.25, 0.3) is 0 Å². The zero-order valence-corrected chi connectivity index (χ0v) is 12.2. The predicted molar refractivity (Wildman–Crippen MR) is 77.8 cm³/mol. The smallest absolute Gasteiger partial charge is 0.123 e. The molecule has 0 radical (unpaired) electrons. The van der Waals surface area contributed by atoms with Gasteiger partial charge in [0.25, 0.3) is 0 Å². The van der Waals surface area contributed by atoms with E-state index in [1.807, 2.05) is 12.1 Å². The van der Waals surface area contributed by atoms with Crippen molar-refractivity contribution >= 4 is 0 Å². The lowest BCUT2D eigenvalue weighted by Gasteiger charge is -2.40. The fourth-order valence-corrected chi connectivity index (χ4v) is 2.63. The zero-order chi connectivity index (χ0) is 13.8. The van der Waals surface area contributed by atoms with Gasteiger partial charge in [0.05, 0.1) is 0 Å². The van der Waals surface area contributed by atoms with E-state index in [2.05, 4.69) is 31.0 Å². The summed E-state index contributed by atoms with van der Waals surface area (Å²) in [6.45, 7) is 10.0. The highest BCUT2D eigenvalue weighted by atomic mass is 19.1. The van der Waals surface area contributed by atoms with Crippen molar-refractivity contribution in [2.45, 2.75) is 39.3 Å². The summed E-state index contributed by atoms with van der Waals surface area (Å²) in [5.74, 6) is 0.514. The predicted octanol–water partition coefficient (Wildman–Crippen LogP) is 2.69. The maximum Gasteiger partial charge on any atom is 0.123 e. The van der Waals surface area contributed by atoms with Crippen LogP contribution in [0.2, 0.25) is 0 Å². The second kappa shape index (κ2) is 6.49. The number of nitrogens with one attached hydrogen (secondary N) is 1. The molecule has 0 bridgehead atoms. The van der Waals surface area contributed by atoms with Gasteiger partial charge in [0.1, 0.15) is 5.82 Å². The lowest BCUT2D eigenvalue weighted by molar-refractivity contribution is 0.124. The summed E-state index contributed by atoms with van der Waals surface area (Å²) in [7, 11) is 0. The molecule has 1 aliphatic heterocycles. The highest BCUT2D eigenvalue weighted by Crippen LogP contribution is 2.14. The molecule has 0 amide bonds. The molecule has 1 aromatic rings. The van der Waals surface area contributed by atoms with Gasteiger partial charge in [-0.15, -0.1) is 0 Å². The Morgan fingerprint density at radius 2 is 2.00 bits per heavy atom. The second-order valence-electron chi connectivity index (χ2n) is 5.98. The standard InChI is InChI=1S/C16H25FN2/c1-12(2)16-11-19(13(3)10-18-16)9-8-14-4-6-15(17)7-5-14/h4-7,12-13,16,18H,8-11H2,1-3H3. The van der Waals surface area contributed by atoms with E-state index in [-0.39, 0.29) is 5.82 Å². The quantitative estimate of drug-likeness (QED) is 0.899. The minimum absolute atomic E-state index is 0.154. The molecule has 2 nitrogen and oxygen atoms in total. The van der Waals surface area contributed by atoms with Crippen molar-refractivity contribution in [1.82, 2.24) is 10.2 Å². The lowest BCUT2D eigenvalue weighted by Crippen LogP contribution is -2.57. The SMILES string of the molecule is CC(C)C1CN(CCc2ccc(F)cc2)C(C)CN1. The first kappa shape index (κ1) is 14.5. The molecule has 2 atom stereocenters. The Balaban J connectivity index is 1.88. The molecule has 2 unspecified atom stereocenters. The molecule has 3 heteroatoms. The monoisotopic (exact) mass is 264 g/mol. The normalized spacial score (nSPS) is 24.9. The summed E-state index contributed by atoms with van der Waals surface area (Å²) in [4.78, 5) is 2.55. The summed E-state index contributed by atoms with van der Waals surface area (Å²) >= 11 is 0. The van der Waals surface area contributed by atoms with Crippen molar-refractivity contribution in [2.24, 2.45) is 5.92 Å². The highest BCUT2D eigenvalue weighted by Gasteiger charge is 2.26. The van der Waals surface area contributed by atoms with Crippen LogP contribution in [-0.4, -0.2) is 36.6 Å². The third-order valence-corrected chi connectivity index (χ3v) is 4.14. The summed E-state index contributed by atoms with van der Waals surface area (Å²) < 4.78 is 12.9. The van der Waals surface area contributed by atoms with E-state index in [1.165, 1.54) is 5.56 Å². The van der Waals surface area contributed by atoms with E-state index in [4.69, 9.17) is 0 Å². The average molecular weight is 264 g/mol. The number of halogens is 1. The summed E-state index contributed by atoms with van der Waals surface area (Å²) in [5, 5.41) is 3.61. The fourth-order valence-electron chi connectivity index (χ4n) is 2.63. The molecule has 1 heterocycles. The molecule has 1 aromatic carbocycles. The van der Waals surface area contributed by atoms with Crippen LogP contribution in [0.5, 0.6) is 0 Å². The molecule has 1 N–H and O–H groups in total. The summed E-state index contributed by atoms with van der Waals surface area (Å²) in [6, 6.07) is 8.05. The Kier molecular flexibility index (Phi) is 4.94. The van der Waals surface area contributed by atoms with Crippen LogP contribution in [0.3, 0.4) is 0 Å². The van der Waals surface area contributed by atoms with E-state index < -0.39 is 0 Å². The van der Waals surface area contributed by atoms with Gasteiger partial charge < -0.3 is 5.32 Å². The van der Waals surface area contributed by atoms with Crippen molar-refractivity contribution in [3.63, 3.8) is 0 Å². The van der Waals surface area contributed by atoms with E-state index in [0.29, 0.717) is 18.0 Å². The molecular weight excluding hydrogens is 239 g/mol. The molecule has 0 spiro atoms. The molecule has 1 aliphatic rings. The van der Waals surface area contributed by atoms with Crippen molar-refractivity contribution < 1.29 is 4.39 Å². The van der Waals surface area contributed by atoms with Gasteiger partial charge in [-0.25, -0.2) is 4.39 Å². The van der Waals surface area contributed by atoms with Crippen LogP contribution in [0, 0.1) is 11.7 Å². The Hall–Kier alpha value is -0.930. The van der Waals surface area contributed by atoms with Gasteiger partial charge in [-0.05, 0) is 37.0 Å². The first-order valence-electron chi connectivity index (χ1n) is 7.28. The van der Waals surface area contributed by atoms with Crippen molar-refractivity contribution in [2.75, 3.05) is 19.6 Å². The minimum atomic E-state index is -0.154. The first-order valence-corrected chi connectivity index (χ1v) is 7.28. The Labute approximate surface area is 116 Å². The number of rotatable bonds is 4. The second-order valence-corrected chi connectivity index (χ2v) is 5.98. The Morgan fingerprint density at radius 1 is 1.32 bits per heavy atom. The fraction of sp³-hybridized carbons (Fsp3) is 0.625. The van der Waals surface area contributed by atoms with E-state index in [0.717, 1.165) is 26.1 Å². The molecule has 106 valence electrons. The molecule has 2 rings (SSSR count). The topological polar surface area (TPSA) is 15.3 Å². The van der Waals surface area contributed by atoms with Crippen LogP contribution >= 0.6 is 0 Å². The molecule has 0 aromatic heterocycles. The van der Waals surface area contributed by atoms with Crippen molar-refractivity contribution in [1.29, 1.82) is 0 Å². The van der Waals surface area contributed by atoms with Crippen LogP contribution in [0.15, 0.2) is 24.3 Å². The maximum absolute atomic E-state index is 12.9. The summed E-state index contributed by atoms with van der Waals surface area (Å²) in [6.07, 6.45) is 0.995. The highest BCUT2D eigenvalue weighted by molar-refractivity contribution is 5.16. The maximum atomic E-state index is 12.9. The first-order chi connectivity index (χ1) is 9.06. The number of nitrogens with zero attached hydrogens (tertiary/aromatic N) is 1. The molecule has 1 fully saturated rings. The van der Waals surface area contributed by atoms with Gasteiger partial charge in [-0.1, -0.05) is 26.0 Å². The number of piperazine rings is 1. The number of hydrogen-bond acceptors (Lipinski definition) is 2. The van der Waals surface area contributed by atoms with Crippen LogP contribution in [0.4, 0.5) is 4.39 Å². The van der Waals surface area contributed by atoms with E-state index in [1.54, 1.807) is 12.1 Å². The lowest BCUT2D eigenvalue weighted by atomic mass is 9.99. The minimum Gasteiger partial charge on any atom is -0.311 e. The average Bonchev–Trinajstić information content (AvgIpc) is 2.39. The summed E-state index contributed by atoms with van der Waals surface area (Å²) in [5.41, 5.74) is 1.22. The Morgan fingerprint density at radius 3 is 2.63 bits per heavy atom. The third-order valence-electron chi connectivity index (χ3n) is 4.14. The van der Waals surface area contributed by atoms with Gasteiger partial charge in [0.2, 0.25) is 0 Å². The van der Waals surface area contributed by atoms with Gasteiger partial charge in [-0.3, -0.25) is 4.90 Å². The van der Waals surface area contributed by atoms with Crippen LogP contribution in [-0.2, 0) is 6.42 Å². The molecule has 19 heavy (non-hydrogen) atoms. The van der Waals surface area contributed by atoms with Crippen molar-refractivity contribution in [3.05, 3.63) is 35.6 Å². The molecular formula is C16H25FN2. The largest absolute Gasteiger partial charge is 0.311 e. The van der Waals surface area contributed by atoms with Gasteiger partial charge in [-0.2, -0.15) is 0 Å². The molecule has 0 saturated carbocycles. The third kappa shape index (κ3) is 4.02. The Bertz CT molecular complexity index is 388. The number of benzene rings is 1. The van der Waals surface area contributed by atoms with E-state index in [9.17, 15) is 4.39 Å². The van der Waals surface area contributed by atoms with Gasteiger partial charge >= 0.3 is 0 Å². The van der Waals surface area contributed by atoms with Crippen molar-refractivity contribution in [3.8, 4) is 0 Å². The zero-order valence-electron chi connectivity index (χ0n) is 12.2. The number of hydrogen-bond donors (Lipinski definition) is 1. The molecule has 0 aliphatic carbocycles. The van der Waals surface area contributed by atoms with Gasteiger partial charge in [0.15, 0.2) is 0 Å². The van der Waals surface area contributed by atoms with Crippen LogP contribution < -0.4 is 5.32 Å². The van der Waals surface area contributed by atoms with Gasteiger partial charge in [0, 0.05) is 31.7 Å². The molecule has 1 saturated heterocycles. The van der Waals surface area contributed by atoms with E-state index >= 15 is 0 Å².